The zero-order valence-corrected chi connectivity index (χ0v) is 16.1. The van der Waals surface area contributed by atoms with Crippen molar-refractivity contribution >= 4 is 29.1 Å². The van der Waals surface area contributed by atoms with Crippen LogP contribution in [0.4, 0.5) is 5.69 Å². The molecule has 3 rings (SSSR count). The van der Waals surface area contributed by atoms with Crippen molar-refractivity contribution < 1.29 is 9.59 Å². The molecule has 1 amide bonds. The van der Waals surface area contributed by atoms with Gasteiger partial charge in [0, 0.05) is 35.8 Å². The zero-order chi connectivity index (χ0) is 19.9. The maximum atomic E-state index is 12.3. The molecule has 0 aliphatic carbocycles. The average molecular weight is 393 g/mol. The second-order valence-electron chi connectivity index (χ2n) is 5.92. The summed E-state index contributed by atoms with van der Waals surface area (Å²) in [5, 5.41) is 11.9. The van der Waals surface area contributed by atoms with E-state index in [0.29, 0.717) is 28.8 Å². The number of ketones is 1. The lowest BCUT2D eigenvalue weighted by atomic mass is 10.1. The monoisotopic (exact) mass is 393 g/mol. The van der Waals surface area contributed by atoms with Gasteiger partial charge in [-0.15, -0.1) is 16.8 Å². The fourth-order valence-electron chi connectivity index (χ4n) is 2.54. The number of nitrogens with zero attached hydrogens (tertiary/aromatic N) is 4. The Balaban J connectivity index is 1.69. The van der Waals surface area contributed by atoms with Gasteiger partial charge in [-0.3, -0.25) is 19.1 Å². The lowest BCUT2D eigenvalue weighted by molar-refractivity contribution is -0.113. The van der Waals surface area contributed by atoms with Crippen LogP contribution in [-0.4, -0.2) is 37.2 Å². The summed E-state index contributed by atoms with van der Waals surface area (Å²) >= 11 is 1.28. The summed E-state index contributed by atoms with van der Waals surface area (Å²) in [6.45, 7) is 5.78. The molecule has 0 fully saturated rings. The number of thioether (sulfide) groups is 1. The molecule has 0 aliphatic heterocycles. The smallest absolute Gasteiger partial charge is 0.234 e. The number of nitrogens with one attached hydrogen (secondary N) is 1. The molecule has 2 heterocycles. The molecule has 28 heavy (non-hydrogen) atoms. The molecular weight excluding hydrogens is 374 g/mol. The van der Waals surface area contributed by atoms with E-state index in [-0.39, 0.29) is 17.4 Å². The molecule has 8 heteroatoms. The van der Waals surface area contributed by atoms with E-state index in [4.69, 9.17) is 0 Å². The number of carbonyl (C=O) groups is 2. The quantitative estimate of drug-likeness (QED) is 0.358. The Morgan fingerprint density at radius 3 is 2.82 bits per heavy atom. The Kier molecular flexibility index (Phi) is 6.33. The highest BCUT2D eigenvalue weighted by Crippen LogP contribution is 2.23. The minimum Gasteiger partial charge on any atom is -0.325 e. The minimum absolute atomic E-state index is 0.0501. The van der Waals surface area contributed by atoms with Crippen LogP contribution in [0.25, 0.3) is 11.4 Å². The third-order valence-electron chi connectivity index (χ3n) is 3.83. The highest BCUT2D eigenvalue weighted by Gasteiger charge is 2.15. The second-order valence-corrected chi connectivity index (χ2v) is 6.86. The van der Waals surface area contributed by atoms with Crippen molar-refractivity contribution in [2.45, 2.75) is 18.6 Å². The number of carbonyl (C=O) groups excluding carboxylic acids is 2. The van der Waals surface area contributed by atoms with Crippen LogP contribution in [-0.2, 0) is 11.3 Å². The van der Waals surface area contributed by atoms with Crippen LogP contribution < -0.4 is 5.32 Å². The normalized spacial score (nSPS) is 10.5. The number of hydrogen-bond donors (Lipinski definition) is 1. The van der Waals surface area contributed by atoms with E-state index in [1.54, 1.807) is 42.7 Å². The molecule has 0 bridgehead atoms. The summed E-state index contributed by atoms with van der Waals surface area (Å²) in [6, 6.07) is 10.6. The van der Waals surface area contributed by atoms with Crippen molar-refractivity contribution in [3.63, 3.8) is 0 Å². The first kappa shape index (κ1) is 19.5. The summed E-state index contributed by atoms with van der Waals surface area (Å²) < 4.78 is 1.89. The Morgan fingerprint density at radius 1 is 1.25 bits per heavy atom. The molecule has 0 saturated carbocycles. The van der Waals surface area contributed by atoms with Crippen LogP contribution in [0.15, 0.2) is 66.6 Å². The first-order chi connectivity index (χ1) is 13.6. The number of anilines is 1. The zero-order valence-electron chi connectivity index (χ0n) is 15.3. The van der Waals surface area contributed by atoms with Crippen molar-refractivity contribution in [2.24, 2.45) is 0 Å². The lowest BCUT2D eigenvalue weighted by Crippen LogP contribution is -2.15. The Morgan fingerprint density at radius 2 is 2.11 bits per heavy atom. The van der Waals surface area contributed by atoms with Crippen LogP contribution in [0.2, 0.25) is 0 Å². The van der Waals surface area contributed by atoms with E-state index in [1.807, 2.05) is 16.7 Å². The maximum Gasteiger partial charge on any atom is 0.234 e. The summed E-state index contributed by atoms with van der Waals surface area (Å²) in [6.07, 6.45) is 5.16. The maximum absolute atomic E-state index is 12.3. The Labute approximate surface area is 166 Å². The number of aromatic nitrogens is 4. The van der Waals surface area contributed by atoms with Crippen LogP contribution >= 0.6 is 11.8 Å². The first-order valence-electron chi connectivity index (χ1n) is 8.56. The number of amides is 1. The van der Waals surface area contributed by atoms with E-state index in [0.717, 1.165) is 5.56 Å². The minimum atomic E-state index is -0.193. The largest absolute Gasteiger partial charge is 0.325 e. The van der Waals surface area contributed by atoms with Gasteiger partial charge in [-0.05, 0) is 31.2 Å². The molecule has 0 atom stereocenters. The first-order valence-corrected chi connectivity index (χ1v) is 9.55. The summed E-state index contributed by atoms with van der Waals surface area (Å²) in [7, 11) is 0. The Bertz CT molecular complexity index is 1000. The fraction of sp³-hybridized carbons (Fsp3) is 0.150. The molecule has 142 valence electrons. The molecule has 1 N–H and O–H groups in total. The predicted molar refractivity (Wildman–Crippen MR) is 109 cm³/mol. The van der Waals surface area contributed by atoms with Gasteiger partial charge in [-0.25, -0.2) is 0 Å². The molecule has 0 radical (unpaired) electrons. The van der Waals surface area contributed by atoms with E-state index < -0.39 is 0 Å². The van der Waals surface area contributed by atoms with Crippen LogP contribution in [0, 0.1) is 0 Å². The topological polar surface area (TPSA) is 89.8 Å². The van der Waals surface area contributed by atoms with Crippen molar-refractivity contribution in [2.75, 3.05) is 11.1 Å². The summed E-state index contributed by atoms with van der Waals surface area (Å²) in [5.74, 6) is 0.588. The number of pyridine rings is 1. The molecule has 3 aromatic rings. The third kappa shape index (κ3) is 4.72. The number of allylic oxidation sites excluding steroid dienone is 1. The fourth-order valence-corrected chi connectivity index (χ4v) is 3.29. The lowest BCUT2D eigenvalue weighted by Gasteiger charge is -2.08. The van der Waals surface area contributed by atoms with Gasteiger partial charge in [0.1, 0.15) is 0 Å². The van der Waals surface area contributed by atoms with Crippen molar-refractivity contribution in [3.05, 3.63) is 67.0 Å². The molecular formula is C20H19N5O2S. The van der Waals surface area contributed by atoms with E-state index in [2.05, 4.69) is 27.1 Å². The molecule has 0 saturated heterocycles. The number of benzene rings is 1. The van der Waals surface area contributed by atoms with E-state index >= 15 is 0 Å². The van der Waals surface area contributed by atoms with Gasteiger partial charge in [0.15, 0.2) is 16.8 Å². The average Bonchev–Trinajstić information content (AvgIpc) is 3.10. The number of Topliss-reactive ketones (excluding diaryl/α,β-unsaturated/α-hetero) is 1. The van der Waals surface area contributed by atoms with E-state index in [1.165, 1.54) is 18.7 Å². The van der Waals surface area contributed by atoms with Gasteiger partial charge in [0.2, 0.25) is 5.91 Å². The van der Waals surface area contributed by atoms with E-state index in [9.17, 15) is 9.59 Å². The van der Waals surface area contributed by atoms with Gasteiger partial charge in [-0.1, -0.05) is 30.0 Å². The Hall–Kier alpha value is -3.26. The van der Waals surface area contributed by atoms with Gasteiger partial charge in [0.05, 0.1) is 5.75 Å². The second kappa shape index (κ2) is 9.09. The highest BCUT2D eigenvalue weighted by molar-refractivity contribution is 7.99. The number of hydrogen-bond acceptors (Lipinski definition) is 6. The SMILES string of the molecule is C=CCn1c(SCC(=O)Nc2cccc(C(C)=O)c2)nnc1-c1cccnc1. The molecule has 0 aliphatic rings. The van der Waals surface area contributed by atoms with Crippen LogP contribution in [0.1, 0.15) is 17.3 Å². The van der Waals surface area contributed by atoms with Gasteiger partial charge in [0.25, 0.3) is 0 Å². The van der Waals surface area contributed by atoms with Crippen molar-refractivity contribution in [1.29, 1.82) is 0 Å². The standard InChI is InChI=1S/C20H19N5O2S/c1-3-10-25-19(16-7-5-9-21-12-16)23-24-20(25)28-13-18(27)22-17-8-4-6-15(11-17)14(2)26/h3-9,11-12H,1,10,13H2,2H3,(H,22,27). The molecule has 1 aromatic carbocycles. The number of rotatable bonds is 8. The summed E-state index contributed by atoms with van der Waals surface area (Å²) in [4.78, 5) is 27.9. The van der Waals surface area contributed by atoms with Crippen LogP contribution in [0.3, 0.4) is 0 Å². The van der Waals surface area contributed by atoms with Crippen molar-refractivity contribution in [1.82, 2.24) is 19.7 Å². The molecule has 0 spiro atoms. The third-order valence-corrected chi connectivity index (χ3v) is 4.80. The predicted octanol–water partition coefficient (Wildman–Crippen LogP) is 3.46. The van der Waals surface area contributed by atoms with Gasteiger partial charge >= 0.3 is 0 Å². The van der Waals surface area contributed by atoms with Crippen molar-refractivity contribution in [3.8, 4) is 11.4 Å². The molecule has 7 nitrogen and oxygen atoms in total. The molecule has 2 aromatic heterocycles. The van der Waals surface area contributed by atoms with Gasteiger partial charge in [-0.2, -0.15) is 0 Å². The highest BCUT2D eigenvalue weighted by atomic mass is 32.2. The van der Waals surface area contributed by atoms with Gasteiger partial charge < -0.3 is 5.32 Å². The summed E-state index contributed by atoms with van der Waals surface area (Å²) in [5.41, 5.74) is 1.98. The molecule has 0 unspecified atom stereocenters. The van der Waals surface area contributed by atoms with Crippen LogP contribution in [0.5, 0.6) is 0 Å².